The Labute approximate surface area is 128 Å². The number of carbonyl (C=O) groups excluding carboxylic acids is 2. The van der Waals surface area contributed by atoms with Gasteiger partial charge in [0.1, 0.15) is 0 Å². The van der Waals surface area contributed by atoms with E-state index in [9.17, 15) is 9.59 Å². The maximum atomic E-state index is 11.7. The van der Waals surface area contributed by atoms with Crippen molar-refractivity contribution in [3.63, 3.8) is 0 Å². The summed E-state index contributed by atoms with van der Waals surface area (Å²) in [6.45, 7) is 2.79. The van der Waals surface area contributed by atoms with Crippen LogP contribution in [0.4, 0.5) is 0 Å². The van der Waals surface area contributed by atoms with Gasteiger partial charge >= 0.3 is 128 Å². The molecule has 0 aromatic rings. The topological polar surface area (TPSA) is 52.6 Å². The molecule has 0 spiro atoms. The van der Waals surface area contributed by atoms with Crippen LogP contribution in [-0.2, 0) is 33.6 Å². The second kappa shape index (κ2) is 5.43. The van der Waals surface area contributed by atoms with Crippen LogP contribution in [0.25, 0.3) is 0 Å². The van der Waals surface area contributed by atoms with Gasteiger partial charge in [-0.05, 0) is 0 Å². The summed E-state index contributed by atoms with van der Waals surface area (Å²) in [4.78, 5) is 23.5. The van der Waals surface area contributed by atoms with Crippen molar-refractivity contribution in [3.8, 4) is 0 Å². The van der Waals surface area contributed by atoms with Crippen molar-refractivity contribution in [2.24, 2.45) is 0 Å². The minimum atomic E-state index is -3.82. The van der Waals surface area contributed by atoms with Crippen LogP contribution in [0, 0.1) is 0 Å². The zero-order valence-corrected chi connectivity index (χ0v) is 13.8. The first-order valence-electron chi connectivity index (χ1n) is 7.20. The van der Waals surface area contributed by atoms with Gasteiger partial charge in [0, 0.05) is 0 Å². The Hall–Kier alpha value is -1.39. The fourth-order valence-electron chi connectivity index (χ4n) is 3.38. The van der Waals surface area contributed by atoms with Crippen LogP contribution < -0.4 is 0 Å². The van der Waals surface area contributed by atoms with Gasteiger partial charge in [0.2, 0.25) is 0 Å². The quantitative estimate of drug-likeness (QED) is 0.732. The van der Waals surface area contributed by atoms with Gasteiger partial charge in [0.15, 0.2) is 0 Å². The monoisotopic (exact) mass is 322 g/mol. The van der Waals surface area contributed by atoms with Gasteiger partial charge < -0.3 is 0 Å². The molecule has 4 nitrogen and oxygen atoms in total. The third-order valence-electron chi connectivity index (χ3n) is 4.09. The van der Waals surface area contributed by atoms with Crippen molar-refractivity contribution in [3.05, 3.63) is 43.2 Å². The van der Waals surface area contributed by atoms with E-state index in [1.54, 1.807) is 0 Å². The summed E-state index contributed by atoms with van der Waals surface area (Å²) < 4.78 is 13.8. The van der Waals surface area contributed by atoms with E-state index in [0.717, 1.165) is 33.4 Å². The van der Waals surface area contributed by atoms with Crippen molar-refractivity contribution < 1.29 is 33.6 Å². The van der Waals surface area contributed by atoms with E-state index in [-0.39, 0.29) is 11.9 Å². The first kappa shape index (κ1) is 14.5. The van der Waals surface area contributed by atoms with Crippen LogP contribution in [-0.4, -0.2) is 11.9 Å². The van der Waals surface area contributed by atoms with Crippen molar-refractivity contribution in [2.75, 3.05) is 0 Å². The summed E-state index contributed by atoms with van der Waals surface area (Å²) in [6.07, 6.45) is 11.6. The molecule has 0 bridgehead atoms. The van der Waals surface area contributed by atoms with E-state index < -0.39 is 17.4 Å². The molecule has 110 valence electrons. The predicted octanol–water partition coefficient (Wildman–Crippen LogP) is 3.32. The molecule has 0 radical (unpaired) electrons. The Kier molecular flexibility index (Phi) is 3.76. The van der Waals surface area contributed by atoms with Crippen LogP contribution in [0.2, 0.25) is 0 Å². The second-order valence-electron chi connectivity index (χ2n) is 5.52. The van der Waals surface area contributed by atoms with Gasteiger partial charge in [-0.1, -0.05) is 0 Å². The first-order chi connectivity index (χ1) is 10.0. The normalized spacial score (nSPS) is 22.0. The van der Waals surface area contributed by atoms with Crippen molar-refractivity contribution in [1.82, 2.24) is 0 Å². The standard InChI is InChI=1S/C12H12.2C2H4O2.Ti/c1-2-6-11(5-1)9-10-12-7-3-4-8-12;2*1-2(3)4;/h1,3,5,7H,2,4,9-10H2;2*1H3,(H,3,4);/q;;;+2/p-2. The molecule has 0 N–H and O–H groups in total. The average Bonchev–Trinajstić information content (AvgIpc) is 3.02. The molecule has 2 aliphatic carbocycles. The number of carbonyl (C=O) groups is 2. The Balaban J connectivity index is 2.17. The molecule has 5 heteroatoms. The molecular formula is C16H18O4Ti. The third-order valence-corrected chi connectivity index (χ3v) is 10.0. The van der Waals surface area contributed by atoms with Crippen LogP contribution in [0.5, 0.6) is 0 Å². The van der Waals surface area contributed by atoms with E-state index in [2.05, 4.69) is 24.3 Å². The van der Waals surface area contributed by atoms with E-state index >= 15 is 0 Å². The summed E-state index contributed by atoms with van der Waals surface area (Å²) >= 11 is -3.82. The molecule has 0 saturated carbocycles. The minimum absolute atomic E-state index is 0.365. The zero-order chi connectivity index (χ0) is 15.0. The molecule has 3 aliphatic rings. The number of allylic oxidation sites excluding steroid dienone is 8. The fraction of sp³-hybridized carbons (Fsp3) is 0.375. The molecular weight excluding hydrogens is 304 g/mol. The summed E-state index contributed by atoms with van der Waals surface area (Å²) in [7, 11) is 0. The molecule has 0 fully saturated rings. The maximum absolute atomic E-state index is 11.7. The summed E-state index contributed by atoms with van der Waals surface area (Å²) in [5.41, 5.74) is 2.39. The molecule has 0 amide bonds. The molecule has 21 heavy (non-hydrogen) atoms. The van der Waals surface area contributed by atoms with Gasteiger partial charge in [0.25, 0.3) is 0 Å². The van der Waals surface area contributed by atoms with Crippen LogP contribution in [0.15, 0.2) is 43.2 Å². The van der Waals surface area contributed by atoms with Gasteiger partial charge in [-0.25, -0.2) is 0 Å². The van der Waals surface area contributed by atoms with Gasteiger partial charge in [0.05, 0.1) is 0 Å². The average molecular weight is 322 g/mol. The molecule has 0 aromatic heterocycles. The summed E-state index contributed by atoms with van der Waals surface area (Å²) in [6, 6.07) is 0. The Morgan fingerprint density at radius 2 is 1.33 bits per heavy atom. The molecule has 0 atom stereocenters. The Bertz CT molecular complexity index is 581. The van der Waals surface area contributed by atoms with Gasteiger partial charge in [-0.2, -0.15) is 0 Å². The number of rotatable bonds is 2. The van der Waals surface area contributed by atoms with E-state index in [1.807, 2.05) is 0 Å². The molecule has 0 saturated heterocycles. The Morgan fingerprint density at radius 3 is 1.71 bits per heavy atom. The Morgan fingerprint density at radius 1 is 0.905 bits per heavy atom. The SMILES string of the molecule is CC(=O)[O][Ti]1([O]C(C)=O)[C]2=C(C=CC2)CCC2=[C]1CC=C2. The molecule has 0 unspecified atom stereocenters. The third kappa shape index (κ3) is 2.47. The number of hydrogen-bond acceptors (Lipinski definition) is 4. The van der Waals surface area contributed by atoms with E-state index in [0.29, 0.717) is 0 Å². The van der Waals surface area contributed by atoms with Crippen molar-refractivity contribution in [2.45, 2.75) is 39.5 Å². The van der Waals surface area contributed by atoms with E-state index in [4.69, 9.17) is 6.64 Å². The van der Waals surface area contributed by atoms with Crippen LogP contribution in [0.3, 0.4) is 0 Å². The van der Waals surface area contributed by atoms with Crippen molar-refractivity contribution in [1.29, 1.82) is 0 Å². The van der Waals surface area contributed by atoms with E-state index in [1.165, 1.54) is 25.0 Å². The number of hydrogen-bond donors (Lipinski definition) is 0. The second-order valence-corrected chi connectivity index (χ2v) is 9.97. The zero-order valence-electron chi connectivity index (χ0n) is 12.3. The molecule has 0 aromatic carbocycles. The molecule has 3 rings (SSSR count). The summed E-state index contributed by atoms with van der Waals surface area (Å²) in [5.74, 6) is -0.730. The molecule has 1 aliphatic heterocycles. The van der Waals surface area contributed by atoms with Gasteiger partial charge in [-0.3, -0.25) is 0 Å². The summed E-state index contributed by atoms with van der Waals surface area (Å²) in [5, 5.41) is 0. The molecule has 1 heterocycles. The van der Waals surface area contributed by atoms with Crippen LogP contribution >= 0.6 is 0 Å². The van der Waals surface area contributed by atoms with Crippen LogP contribution in [0.1, 0.15) is 39.5 Å². The predicted molar refractivity (Wildman–Crippen MR) is 74.3 cm³/mol. The van der Waals surface area contributed by atoms with Crippen molar-refractivity contribution >= 4 is 11.9 Å². The fourth-order valence-corrected chi connectivity index (χ4v) is 9.23. The van der Waals surface area contributed by atoms with Gasteiger partial charge in [-0.15, -0.1) is 0 Å². The first-order valence-corrected chi connectivity index (χ1v) is 10.0.